The van der Waals surface area contributed by atoms with E-state index < -0.39 is 0 Å². The summed E-state index contributed by atoms with van der Waals surface area (Å²) >= 11 is 2.00. The molecule has 0 spiro atoms. The molecule has 2 heteroatoms. The minimum absolute atomic E-state index is 0.494. The molecule has 0 amide bonds. The van der Waals surface area contributed by atoms with Crippen LogP contribution in [0.5, 0.6) is 0 Å². The zero-order valence-corrected chi connectivity index (χ0v) is 12.5. The molecule has 2 atom stereocenters. The number of rotatable bonds is 5. The Balaban J connectivity index is 1.65. The lowest BCUT2D eigenvalue weighted by molar-refractivity contribution is 0.556. The van der Waals surface area contributed by atoms with Gasteiger partial charge in [-0.05, 0) is 48.4 Å². The second-order valence-corrected chi connectivity index (χ2v) is 6.53. The Morgan fingerprint density at radius 2 is 1.80 bits per heavy atom. The Bertz CT molecular complexity index is 550. The average Bonchev–Trinajstić information content (AvgIpc) is 2.92. The van der Waals surface area contributed by atoms with E-state index in [1.165, 1.54) is 29.1 Å². The van der Waals surface area contributed by atoms with Gasteiger partial charge in [-0.25, -0.2) is 0 Å². The average molecular weight is 283 g/mol. The summed E-state index contributed by atoms with van der Waals surface area (Å²) in [6, 6.07) is 19.5. The molecule has 1 aliphatic rings. The maximum Gasteiger partial charge on any atom is 0.0107 e. The van der Waals surface area contributed by atoms with Gasteiger partial charge in [0.2, 0.25) is 0 Å². The molecule has 0 aromatic heterocycles. The summed E-state index contributed by atoms with van der Waals surface area (Å²) in [6.07, 6.45) is 2.42. The molecule has 1 nitrogen and oxygen atoms in total. The SMILES string of the molecule is NCC(CCC1CSc2ccccc21)c1ccccc1. The van der Waals surface area contributed by atoms with E-state index in [0.717, 1.165) is 6.54 Å². The van der Waals surface area contributed by atoms with E-state index in [9.17, 15) is 0 Å². The molecule has 0 bridgehead atoms. The smallest absolute Gasteiger partial charge is 0.0107 e. The molecule has 0 aliphatic carbocycles. The quantitative estimate of drug-likeness (QED) is 0.880. The van der Waals surface area contributed by atoms with Crippen molar-refractivity contribution >= 4 is 11.8 Å². The van der Waals surface area contributed by atoms with Gasteiger partial charge in [0.25, 0.3) is 0 Å². The van der Waals surface area contributed by atoms with Gasteiger partial charge in [0.05, 0.1) is 0 Å². The van der Waals surface area contributed by atoms with E-state index in [1.54, 1.807) is 5.56 Å². The molecule has 20 heavy (non-hydrogen) atoms. The predicted molar refractivity (Wildman–Crippen MR) is 87.4 cm³/mol. The maximum atomic E-state index is 5.98. The van der Waals surface area contributed by atoms with Crippen LogP contribution >= 0.6 is 11.8 Å². The Morgan fingerprint density at radius 3 is 2.60 bits per heavy atom. The van der Waals surface area contributed by atoms with Crippen molar-refractivity contribution in [3.8, 4) is 0 Å². The molecule has 0 saturated carbocycles. The third-order valence-corrected chi connectivity index (χ3v) is 5.47. The molecule has 1 heterocycles. The standard InChI is InChI=1S/C18H21NS/c19-12-15(14-6-2-1-3-7-14)10-11-16-13-20-18-9-5-4-8-17(16)18/h1-9,15-16H,10-13,19H2. The van der Waals surface area contributed by atoms with E-state index in [4.69, 9.17) is 5.73 Å². The lowest BCUT2D eigenvalue weighted by atomic mass is 9.88. The van der Waals surface area contributed by atoms with Gasteiger partial charge in [-0.2, -0.15) is 0 Å². The lowest BCUT2D eigenvalue weighted by Gasteiger charge is -2.18. The Labute approximate surface area is 125 Å². The van der Waals surface area contributed by atoms with E-state index >= 15 is 0 Å². The Hall–Kier alpha value is -1.25. The van der Waals surface area contributed by atoms with Crippen LogP contribution in [0.1, 0.15) is 35.8 Å². The van der Waals surface area contributed by atoms with Crippen molar-refractivity contribution in [2.75, 3.05) is 12.3 Å². The van der Waals surface area contributed by atoms with Gasteiger partial charge in [-0.1, -0.05) is 48.5 Å². The van der Waals surface area contributed by atoms with Crippen LogP contribution in [-0.2, 0) is 0 Å². The number of thioether (sulfide) groups is 1. The van der Waals surface area contributed by atoms with Crippen molar-refractivity contribution in [3.63, 3.8) is 0 Å². The summed E-state index contributed by atoms with van der Waals surface area (Å²) < 4.78 is 0. The zero-order chi connectivity index (χ0) is 13.8. The van der Waals surface area contributed by atoms with Gasteiger partial charge in [0.15, 0.2) is 0 Å². The van der Waals surface area contributed by atoms with Crippen molar-refractivity contribution in [1.29, 1.82) is 0 Å². The van der Waals surface area contributed by atoms with E-state index in [0.29, 0.717) is 11.8 Å². The number of fused-ring (bicyclic) bond motifs is 1. The Kier molecular flexibility index (Phi) is 4.44. The van der Waals surface area contributed by atoms with Crippen molar-refractivity contribution < 1.29 is 0 Å². The fraction of sp³-hybridized carbons (Fsp3) is 0.333. The van der Waals surface area contributed by atoms with Crippen LogP contribution in [-0.4, -0.2) is 12.3 Å². The largest absolute Gasteiger partial charge is 0.330 e. The molecule has 2 unspecified atom stereocenters. The molecule has 3 rings (SSSR count). The van der Waals surface area contributed by atoms with E-state index in [1.807, 2.05) is 11.8 Å². The van der Waals surface area contributed by atoms with Crippen LogP contribution < -0.4 is 5.73 Å². The molecule has 0 fully saturated rings. The molecule has 2 aromatic carbocycles. The third kappa shape index (κ3) is 2.92. The molecule has 2 N–H and O–H groups in total. The highest BCUT2D eigenvalue weighted by Gasteiger charge is 2.23. The van der Waals surface area contributed by atoms with Gasteiger partial charge in [0, 0.05) is 10.6 Å². The van der Waals surface area contributed by atoms with Gasteiger partial charge < -0.3 is 5.73 Å². The highest BCUT2D eigenvalue weighted by atomic mass is 32.2. The van der Waals surface area contributed by atoms with Crippen molar-refractivity contribution in [3.05, 3.63) is 65.7 Å². The third-order valence-electron chi connectivity index (χ3n) is 4.22. The van der Waals surface area contributed by atoms with Crippen molar-refractivity contribution in [2.45, 2.75) is 29.6 Å². The van der Waals surface area contributed by atoms with Gasteiger partial charge in [-0.15, -0.1) is 11.8 Å². The number of benzene rings is 2. The highest BCUT2D eigenvalue weighted by molar-refractivity contribution is 7.99. The topological polar surface area (TPSA) is 26.0 Å². The predicted octanol–water partition coefficient (Wildman–Crippen LogP) is 4.40. The first-order chi connectivity index (χ1) is 9.88. The Morgan fingerprint density at radius 1 is 1.05 bits per heavy atom. The fourth-order valence-corrected chi connectivity index (χ4v) is 4.32. The van der Waals surface area contributed by atoms with Gasteiger partial charge >= 0.3 is 0 Å². The molecule has 0 saturated heterocycles. The first kappa shape index (κ1) is 13.7. The number of nitrogens with two attached hydrogens (primary N) is 1. The second-order valence-electron chi connectivity index (χ2n) is 5.47. The van der Waals surface area contributed by atoms with Crippen LogP contribution in [0.2, 0.25) is 0 Å². The minimum atomic E-state index is 0.494. The maximum absolute atomic E-state index is 5.98. The lowest BCUT2D eigenvalue weighted by Crippen LogP contribution is -2.13. The molecule has 104 valence electrons. The summed E-state index contributed by atoms with van der Waals surface area (Å²) in [5, 5.41) is 0. The van der Waals surface area contributed by atoms with Crippen LogP contribution in [0.3, 0.4) is 0 Å². The fourth-order valence-electron chi connectivity index (χ4n) is 3.02. The van der Waals surface area contributed by atoms with E-state index in [2.05, 4.69) is 54.6 Å². The van der Waals surface area contributed by atoms with Gasteiger partial charge in [-0.3, -0.25) is 0 Å². The van der Waals surface area contributed by atoms with Gasteiger partial charge in [0.1, 0.15) is 0 Å². The van der Waals surface area contributed by atoms with E-state index in [-0.39, 0.29) is 0 Å². The first-order valence-electron chi connectivity index (χ1n) is 7.35. The molecule has 0 radical (unpaired) electrons. The molecule has 1 aliphatic heterocycles. The van der Waals surface area contributed by atoms with Crippen LogP contribution in [0.25, 0.3) is 0 Å². The monoisotopic (exact) mass is 283 g/mol. The zero-order valence-electron chi connectivity index (χ0n) is 11.7. The summed E-state index contributed by atoms with van der Waals surface area (Å²) in [5.41, 5.74) is 8.91. The van der Waals surface area contributed by atoms with Crippen LogP contribution in [0, 0.1) is 0 Å². The minimum Gasteiger partial charge on any atom is -0.330 e. The molecular formula is C18H21NS. The highest BCUT2D eigenvalue weighted by Crippen LogP contribution is 2.42. The number of hydrogen-bond acceptors (Lipinski definition) is 2. The number of hydrogen-bond donors (Lipinski definition) is 1. The summed E-state index contributed by atoms with van der Waals surface area (Å²) in [4.78, 5) is 1.47. The van der Waals surface area contributed by atoms with Crippen LogP contribution in [0.15, 0.2) is 59.5 Å². The van der Waals surface area contributed by atoms with Crippen LogP contribution in [0.4, 0.5) is 0 Å². The molecule has 2 aromatic rings. The summed E-state index contributed by atoms with van der Waals surface area (Å²) in [5.74, 6) is 2.42. The second kappa shape index (κ2) is 6.47. The van der Waals surface area contributed by atoms with Crippen molar-refractivity contribution in [2.24, 2.45) is 5.73 Å². The normalized spacial score (nSPS) is 18.8. The summed E-state index contributed by atoms with van der Waals surface area (Å²) in [6.45, 7) is 0.742. The first-order valence-corrected chi connectivity index (χ1v) is 8.34. The van der Waals surface area contributed by atoms with Crippen molar-refractivity contribution in [1.82, 2.24) is 0 Å². The molecular weight excluding hydrogens is 262 g/mol. The summed E-state index contributed by atoms with van der Waals surface area (Å²) in [7, 11) is 0.